The van der Waals surface area contributed by atoms with E-state index in [9.17, 15) is 4.89 Å². The van der Waals surface area contributed by atoms with Gasteiger partial charge in [-0.1, -0.05) is 72.2 Å². The fourth-order valence-corrected chi connectivity index (χ4v) is 4.51. The minimum absolute atomic E-state index is 0.0782. The average molecular weight is 415 g/mol. The van der Waals surface area contributed by atoms with Gasteiger partial charge in [0.15, 0.2) is 0 Å². The molecular formula is C25H35O3P. The number of rotatable bonds is 0. The molecule has 0 saturated heterocycles. The maximum Gasteiger partial charge on any atom is 0.460 e. The molecule has 0 amide bonds. The van der Waals surface area contributed by atoms with Gasteiger partial charge >= 0.3 is 8.60 Å². The van der Waals surface area contributed by atoms with Crippen LogP contribution in [0.25, 0.3) is 0 Å². The Balaban J connectivity index is 2.00. The molecule has 0 atom stereocenters. The number of benzene rings is 2. The number of hydrogen-bond acceptors (Lipinski definition) is 3. The van der Waals surface area contributed by atoms with Crippen LogP contribution in [0.2, 0.25) is 0 Å². The minimum Gasteiger partial charge on any atom is -0.418 e. The fraction of sp³-hybridized carbons (Fsp3) is 0.520. The summed E-state index contributed by atoms with van der Waals surface area (Å²) in [6.07, 6.45) is 5.72. The molecule has 29 heavy (non-hydrogen) atoms. The Labute approximate surface area is 177 Å². The van der Waals surface area contributed by atoms with Gasteiger partial charge in [0.1, 0.15) is 11.5 Å². The SMILES string of the molecule is CC(C)(C)c1cc2ccc1OP(O)Oc1ccc(cc1C(C)(C)C)CCCCC2. The van der Waals surface area contributed by atoms with Crippen molar-refractivity contribution >= 4 is 8.60 Å². The van der Waals surface area contributed by atoms with Crippen LogP contribution in [-0.4, -0.2) is 4.89 Å². The van der Waals surface area contributed by atoms with Gasteiger partial charge in [0.05, 0.1) is 0 Å². The van der Waals surface area contributed by atoms with E-state index in [0.717, 1.165) is 24.0 Å². The highest BCUT2D eigenvalue weighted by Gasteiger charge is 2.25. The zero-order valence-corrected chi connectivity index (χ0v) is 19.6. The summed E-state index contributed by atoms with van der Waals surface area (Å²) in [5.74, 6) is 1.41. The van der Waals surface area contributed by atoms with Gasteiger partial charge in [0.2, 0.25) is 0 Å². The molecule has 0 aromatic heterocycles. The van der Waals surface area contributed by atoms with Crippen molar-refractivity contribution in [2.75, 3.05) is 0 Å². The lowest BCUT2D eigenvalue weighted by atomic mass is 9.84. The van der Waals surface area contributed by atoms with E-state index in [-0.39, 0.29) is 10.8 Å². The van der Waals surface area contributed by atoms with Crippen LogP contribution in [0.5, 0.6) is 11.5 Å². The van der Waals surface area contributed by atoms with Gasteiger partial charge in [-0.2, -0.15) is 0 Å². The summed E-state index contributed by atoms with van der Waals surface area (Å²) in [6.45, 7) is 13.0. The lowest BCUT2D eigenvalue weighted by molar-refractivity contribution is 0.371. The van der Waals surface area contributed by atoms with Gasteiger partial charge in [0.25, 0.3) is 0 Å². The Morgan fingerprint density at radius 2 is 1.10 bits per heavy atom. The van der Waals surface area contributed by atoms with E-state index in [2.05, 4.69) is 65.8 Å². The van der Waals surface area contributed by atoms with Crippen LogP contribution in [0.3, 0.4) is 0 Å². The van der Waals surface area contributed by atoms with Crippen molar-refractivity contribution in [3.63, 3.8) is 0 Å². The molecule has 4 heterocycles. The van der Waals surface area contributed by atoms with Crippen LogP contribution in [0.15, 0.2) is 36.4 Å². The molecule has 2 aromatic rings. The van der Waals surface area contributed by atoms with E-state index >= 15 is 0 Å². The minimum atomic E-state index is -2.08. The maximum atomic E-state index is 10.7. The third kappa shape index (κ3) is 5.74. The van der Waals surface area contributed by atoms with E-state index in [4.69, 9.17) is 9.05 Å². The number of aryl methyl sites for hydroxylation is 2. The standard InChI is InChI=1S/C25H35O3P/c1-24(2,3)20-16-18-10-8-7-9-11-19-13-15-23(21(17-19)25(4,5)6)28-29(26)27-22(20)14-12-18/h12-17,26H,7-11H2,1-6H3. The maximum absolute atomic E-state index is 10.7. The van der Waals surface area contributed by atoms with Gasteiger partial charge in [0, 0.05) is 11.1 Å². The second kappa shape index (κ2) is 8.66. The van der Waals surface area contributed by atoms with Gasteiger partial charge < -0.3 is 13.9 Å². The molecule has 4 heteroatoms. The van der Waals surface area contributed by atoms with Crippen LogP contribution in [-0.2, 0) is 23.7 Å². The molecule has 4 aliphatic rings. The molecule has 0 spiro atoms. The molecule has 158 valence electrons. The first-order valence-corrected chi connectivity index (χ1v) is 11.8. The van der Waals surface area contributed by atoms with Crippen LogP contribution in [0.4, 0.5) is 0 Å². The van der Waals surface area contributed by atoms with E-state index < -0.39 is 8.60 Å². The predicted octanol–water partition coefficient (Wildman–Crippen LogP) is 7.23. The lowest BCUT2D eigenvalue weighted by Gasteiger charge is -2.26. The van der Waals surface area contributed by atoms with Crippen LogP contribution >= 0.6 is 8.60 Å². The molecule has 6 rings (SSSR count). The van der Waals surface area contributed by atoms with Gasteiger partial charge in [-0.25, -0.2) is 0 Å². The molecule has 0 radical (unpaired) electrons. The molecule has 0 unspecified atom stereocenters. The Kier molecular flexibility index (Phi) is 6.61. The second-order valence-corrected chi connectivity index (χ2v) is 11.0. The van der Waals surface area contributed by atoms with Gasteiger partial charge in [-0.05, 0) is 59.8 Å². The molecule has 0 fully saturated rings. The van der Waals surface area contributed by atoms with Crippen molar-refractivity contribution in [3.8, 4) is 11.5 Å². The summed E-state index contributed by atoms with van der Waals surface area (Å²) in [5, 5.41) is 0. The highest BCUT2D eigenvalue weighted by Crippen LogP contribution is 2.44. The predicted molar refractivity (Wildman–Crippen MR) is 122 cm³/mol. The quantitative estimate of drug-likeness (QED) is 0.462. The molecular weight excluding hydrogens is 379 g/mol. The average Bonchev–Trinajstić information content (AvgIpc) is 2.60. The normalized spacial score (nSPS) is 16.5. The Morgan fingerprint density at radius 3 is 1.48 bits per heavy atom. The van der Waals surface area contributed by atoms with Crippen LogP contribution in [0.1, 0.15) is 83.1 Å². The van der Waals surface area contributed by atoms with Crippen LogP contribution < -0.4 is 9.05 Å². The zero-order chi connectivity index (χ0) is 21.2. The van der Waals surface area contributed by atoms with Crippen molar-refractivity contribution in [2.45, 2.75) is 84.5 Å². The van der Waals surface area contributed by atoms with Crippen LogP contribution in [0, 0.1) is 0 Å². The third-order valence-electron chi connectivity index (χ3n) is 5.49. The summed E-state index contributed by atoms with van der Waals surface area (Å²) in [6, 6.07) is 12.7. The van der Waals surface area contributed by atoms with E-state index in [1.165, 1.54) is 30.4 Å². The smallest absolute Gasteiger partial charge is 0.418 e. The summed E-state index contributed by atoms with van der Waals surface area (Å²) in [4.78, 5) is 10.7. The van der Waals surface area contributed by atoms with Crippen molar-refractivity contribution in [3.05, 3.63) is 58.7 Å². The van der Waals surface area contributed by atoms with E-state index in [1.54, 1.807) is 0 Å². The highest BCUT2D eigenvalue weighted by molar-refractivity contribution is 7.41. The van der Waals surface area contributed by atoms with Crippen molar-refractivity contribution in [1.82, 2.24) is 0 Å². The fourth-order valence-electron chi connectivity index (χ4n) is 3.82. The number of hydrogen-bond donors (Lipinski definition) is 1. The summed E-state index contributed by atoms with van der Waals surface area (Å²) in [5.41, 5.74) is 4.72. The Hall–Kier alpha value is -1.57. The third-order valence-corrected chi connectivity index (χ3v) is 6.19. The van der Waals surface area contributed by atoms with Crippen molar-refractivity contribution in [1.29, 1.82) is 0 Å². The Bertz CT molecular complexity index is 777. The first-order chi connectivity index (χ1) is 13.5. The second-order valence-electron chi connectivity index (χ2n) is 10.1. The van der Waals surface area contributed by atoms with E-state index in [1.807, 2.05) is 12.1 Å². The first kappa shape index (κ1) is 22.1. The topological polar surface area (TPSA) is 38.7 Å². The largest absolute Gasteiger partial charge is 0.460 e. The van der Waals surface area contributed by atoms with Gasteiger partial charge in [-0.3, -0.25) is 0 Å². The molecule has 3 nitrogen and oxygen atoms in total. The first-order valence-electron chi connectivity index (χ1n) is 10.7. The molecule has 4 aliphatic heterocycles. The zero-order valence-electron chi connectivity index (χ0n) is 18.7. The van der Waals surface area contributed by atoms with Gasteiger partial charge in [-0.15, -0.1) is 0 Å². The highest BCUT2D eigenvalue weighted by atomic mass is 31.2. The summed E-state index contributed by atoms with van der Waals surface area (Å²) in [7, 11) is -2.08. The Morgan fingerprint density at radius 1 is 0.690 bits per heavy atom. The molecule has 2 aromatic carbocycles. The summed E-state index contributed by atoms with van der Waals surface area (Å²) >= 11 is 0. The molecule has 1 N–H and O–H groups in total. The van der Waals surface area contributed by atoms with E-state index in [0.29, 0.717) is 11.5 Å². The molecule has 4 bridgehead atoms. The monoisotopic (exact) mass is 414 g/mol. The van der Waals surface area contributed by atoms with Crippen molar-refractivity contribution < 1.29 is 13.9 Å². The molecule has 0 aliphatic carbocycles. The lowest BCUT2D eigenvalue weighted by Crippen LogP contribution is -2.15. The summed E-state index contributed by atoms with van der Waals surface area (Å²) < 4.78 is 11.9. The molecule has 0 saturated carbocycles. The van der Waals surface area contributed by atoms with Crippen molar-refractivity contribution in [2.24, 2.45) is 0 Å².